The Labute approximate surface area is 228 Å². The lowest BCUT2D eigenvalue weighted by Gasteiger charge is -2.12. The molecule has 2 N–H and O–H groups in total. The number of rotatable bonds is 8. The van der Waals surface area contributed by atoms with E-state index < -0.39 is 20.9 Å². The monoisotopic (exact) mass is 567 g/mol. The van der Waals surface area contributed by atoms with Gasteiger partial charge in [-0.2, -0.15) is 0 Å². The number of halogens is 2. The molecule has 4 rings (SSSR count). The Bertz CT molecular complexity index is 1640. The van der Waals surface area contributed by atoms with Gasteiger partial charge in [0.2, 0.25) is 0 Å². The van der Waals surface area contributed by atoms with Crippen molar-refractivity contribution < 1.29 is 18.1 Å². The molecule has 0 aliphatic rings. The Morgan fingerprint density at radius 3 is 2.24 bits per heavy atom. The van der Waals surface area contributed by atoms with E-state index in [1.807, 2.05) is 0 Å². The topological polar surface area (TPSA) is 118 Å². The van der Waals surface area contributed by atoms with Gasteiger partial charge in [0.25, 0.3) is 21.6 Å². The van der Waals surface area contributed by atoms with Crippen LogP contribution >= 0.6 is 23.2 Å². The molecule has 0 radical (unpaired) electrons. The molecule has 0 fully saturated rings. The largest absolute Gasteiger partial charge is 0.322 e. The van der Waals surface area contributed by atoms with E-state index in [2.05, 4.69) is 10.0 Å². The average Bonchev–Trinajstić information content (AvgIpc) is 2.91. The zero-order chi connectivity index (χ0) is 27.3. The van der Waals surface area contributed by atoms with Gasteiger partial charge < -0.3 is 5.32 Å². The number of hydrogen-bond acceptors (Lipinski definition) is 5. The number of nitrogens with one attached hydrogen (secondary N) is 2. The van der Waals surface area contributed by atoms with Gasteiger partial charge in [0, 0.05) is 23.4 Å². The van der Waals surface area contributed by atoms with Crippen molar-refractivity contribution in [3.05, 3.63) is 128 Å². The highest BCUT2D eigenvalue weighted by molar-refractivity contribution is 7.92. The van der Waals surface area contributed by atoms with Gasteiger partial charge in [-0.1, -0.05) is 71.7 Å². The Morgan fingerprint density at radius 1 is 0.868 bits per heavy atom. The second kappa shape index (κ2) is 11.5. The van der Waals surface area contributed by atoms with Crippen molar-refractivity contribution in [1.29, 1.82) is 0 Å². The number of nitro benzene ring substituents is 1. The number of carbonyl (C=O) groups is 1. The smallest absolute Gasteiger partial charge is 0.270 e. The van der Waals surface area contributed by atoms with Crippen LogP contribution in [-0.4, -0.2) is 19.2 Å². The van der Waals surface area contributed by atoms with Gasteiger partial charge in [-0.3, -0.25) is 19.6 Å². The maximum Gasteiger partial charge on any atom is 0.270 e. The first-order valence-electron chi connectivity index (χ1n) is 11.0. The van der Waals surface area contributed by atoms with E-state index in [1.165, 1.54) is 54.6 Å². The number of nitrogens with zero attached hydrogens (tertiary/aromatic N) is 1. The summed E-state index contributed by atoms with van der Waals surface area (Å²) in [5, 5.41) is 14.2. The van der Waals surface area contributed by atoms with Crippen LogP contribution in [-0.2, 0) is 14.8 Å². The Kier molecular flexibility index (Phi) is 8.11. The quantitative estimate of drug-likeness (QED) is 0.104. The number of amides is 1. The highest BCUT2D eigenvalue weighted by atomic mass is 35.5. The Balaban J connectivity index is 1.58. The first-order valence-corrected chi connectivity index (χ1v) is 13.3. The molecule has 8 nitrogen and oxygen atoms in total. The average molecular weight is 568 g/mol. The summed E-state index contributed by atoms with van der Waals surface area (Å²) < 4.78 is 28.0. The highest BCUT2D eigenvalue weighted by Gasteiger charge is 2.18. The minimum Gasteiger partial charge on any atom is -0.322 e. The standard InChI is InChI=1S/C27H19Cl2N3O5S/c28-24-10-5-11-25(26(24)29)31-38(36,37)22-14-12-20(13-15-22)30-27(33)23(19-7-2-1-3-8-19)17-18-6-4-9-21(16-18)32(34)35/h1-17,31H,(H,30,33)/b23-17+. The van der Waals surface area contributed by atoms with E-state index >= 15 is 0 Å². The van der Waals surface area contributed by atoms with Crippen LogP contribution in [0.15, 0.2) is 102 Å². The molecular formula is C27H19Cl2N3O5S. The fourth-order valence-corrected chi connectivity index (χ4v) is 4.97. The molecule has 4 aromatic rings. The van der Waals surface area contributed by atoms with Crippen LogP contribution in [0.3, 0.4) is 0 Å². The minimum atomic E-state index is -3.98. The fourth-order valence-electron chi connectivity index (χ4n) is 3.49. The third kappa shape index (κ3) is 6.38. The van der Waals surface area contributed by atoms with Crippen LogP contribution in [0.25, 0.3) is 11.6 Å². The number of nitro groups is 1. The summed E-state index contributed by atoms with van der Waals surface area (Å²) in [4.78, 5) is 23.9. The molecule has 11 heteroatoms. The summed E-state index contributed by atoms with van der Waals surface area (Å²) in [6, 6.07) is 24.9. The number of benzene rings is 4. The lowest BCUT2D eigenvalue weighted by molar-refractivity contribution is -0.384. The van der Waals surface area contributed by atoms with Crippen LogP contribution in [0.4, 0.5) is 17.1 Å². The van der Waals surface area contributed by atoms with Crippen LogP contribution in [0.1, 0.15) is 11.1 Å². The van der Waals surface area contributed by atoms with Crippen molar-refractivity contribution in [2.75, 3.05) is 10.0 Å². The predicted octanol–water partition coefficient (Wildman–Crippen LogP) is 6.88. The van der Waals surface area contributed by atoms with Crippen LogP contribution in [0, 0.1) is 10.1 Å². The van der Waals surface area contributed by atoms with Gasteiger partial charge in [0.05, 0.1) is 25.6 Å². The molecule has 0 saturated carbocycles. The molecule has 0 aromatic heterocycles. The second-order valence-corrected chi connectivity index (χ2v) is 10.4. The summed E-state index contributed by atoms with van der Waals surface area (Å²) in [5.74, 6) is -0.484. The van der Waals surface area contributed by atoms with Gasteiger partial charge in [-0.25, -0.2) is 8.42 Å². The Morgan fingerprint density at radius 2 is 1.55 bits per heavy atom. The fraction of sp³-hybridized carbons (Fsp3) is 0. The Hall–Kier alpha value is -4.18. The number of hydrogen-bond donors (Lipinski definition) is 2. The molecule has 0 atom stereocenters. The first-order chi connectivity index (χ1) is 18.1. The van der Waals surface area contributed by atoms with E-state index in [9.17, 15) is 23.3 Å². The van der Waals surface area contributed by atoms with E-state index in [-0.39, 0.29) is 31.9 Å². The molecule has 0 spiro atoms. The summed E-state index contributed by atoms with van der Waals surface area (Å²) >= 11 is 12.0. The third-order valence-electron chi connectivity index (χ3n) is 5.34. The minimum absolute atomic E-state index is 0.0537. The van der Waals surface area contributed by atoms with Gasteiger partial charge in [-0.05, 0) is 53.6 Å². The summed E-state index contributed by atoms with van der Waals surface area (Å²) in [7, 11) is -3.98. The molecular weight excluding hydrogens is 549 g/mol. The molecule has 1 amide bonds. The maximum absolute atomic E-state index is 13.3. The third-order valence-corrected chi connectivity index (χ3v) is 7.54. The van der Waals surface area contributed by atoms with Crippen LogP contribution < -0.4 is 10.0 Å². The first kappa shape index (κ1) is 26.9. The molecule has 0 aliphatic heterocycles. The van der Waals surface area contributed by atoms with Crippen molar-refractivity contribution in [2.24, 2.45) is 0 Å². The summed E-state index contributed by atoms with van der Waals surface area (Å²) in [5.41, 5.74) is 1.71. The molecule has 0 unspecified atom stereocenters. The number of carbonyl (C=O) groups excluding carboxylic acids is 1. The van der Waals surface area contributed by atoms with E-state index in [0.717, 1.165) is 0 Å². The second-order valence-electron chi connectivity index (χ2n) is 7.96. The van der Waals surface area contributed by atoms with Crippen molar-refractivity contribution in [3.63, 3.8) is 0 Å². The maximum atomic E-state index is 13.3. The lowest BCUT2D eigenvalue weighted by Crippen LogP contribution is -2.15. The number of sulfonamides is 1. The zero-order valence-corrected chi connectivity index (χ0v) is 21.8. The molecule has 4 aromatic carbocycles. The van der Waals surface area contributed by atoms with Gasteiger partial charge in [-0.15, -0.1) is 0 Å². The van der Waals surface area contributed by atoms with Gasteiger partial charge in [0.1, 0.15) is 0 Å². The van der Waals surface area contributed by atoms with Crippen LogP contribution in [0.5, 0.6) is 0 Å². The van der Waals surface area contributed by atoms with Crippen molar-refractivity contribution >= 4 is 67.8 Å². The summed E-state index contributed by atoms with van der Waals surface area (Å²) in [6.07, 6.45) is 1.55. The molecule has 0 bridgehead atoms. The molecule has 38 heavy (non-hydrogen) atoms. The van der Waals surface area contributed by atoms with Crippen molar-refractivity contribution in [1.82, 2.24) is 0 Å². The molecule has 0 saturated heterocycles. The van der Waals surface area contributed by atoms with Gasteiger partial charge in [0.15, 0.2) is 0 Å². The lowest BCUT2D eigenvalue weighted by atomic mass is 10.0. The SMILES string of the molecule is O=C(Nc1ccc(S(=O)(=O)Nc2cccc(Cl)c2Cl)cc1)/C(=C/c1cccc([N+](=O)[O-])c1)c1ccccc1. The molecule has 0 aliphatic carbocycles. The summed E-state index contributed by atoms with van der Waals surface area (Å²) in [6.45, 7) is 0. The normalized spacial score (nSPS) is 11.6. The van der Waals surface area contributed by atoms with Gasteiger partial charge >= 0.3 is 0 Å². The molecule has 192 valence electrons. The number of non-ortho nitro benzene ring substituents is 1. The highest BCUT2D eigenvalue weighted by Crippen LogP contribution is 2.31. The van der Waals surface area contributed by atoms with E-state index in [0.29, 0.717) is 16.8 Å². The molecule has 0 heterocycles. The zero-order valence-electron chi connectivity index (χ0n) is 19.5. The van der Waals surface area contributed by atoms with Crippen LogP contribution in [0.2, 0.25) is 10.0 Å². The van der Waals surface area contributed by atoms with E-state index in [4.69, 9.17) is 23.2 Å². The van der Waals surface area contributed by atoms with E-state index in [1.54, 1.807) is 48.5 Å². The predicted molar refractivity (Wildman–Crippen MR) is 150 cm³/mol. The number of anilines is 2. The van der Waals surface area contributed by atoms with Crippen molar-refractivity contribution in [2.45, 2.75) is 4.90 Å². The van der Waals surface area contributed by atoms with Crippen molar-refractivity contribution in [3.8, 4) is 0 Å².